The zero-order chi connectivity index (χ0) is 19.3. The van der Waals surface area contributed by atoms with Gasteiger partial charge >= 0.3 is 0 Å². The van der Waals surface area contributed by atoms with E-state index in [0.717, 1.165) is 68.1 Å². The van der Waals surface area contributed by atoms with Crippen molar-refractivity contribution in [2.75, 3.05) is 31.1 Å². The molecule has 2 aliphatic heterocycles. The van der Waals surface area contributed by atoms with E-state index < -0.39 is 0 Å². The molecule has 1 atom stereocenters. The Morgan fingerprint density at radius 3 is 2.68 bits per heavy atom. The molecule has 28 heavy (non-hydrogen) atoms. The molecule has 1 amide bonds. The number of carbonyl (C=O) groups excluding carboxylic acids is 1. The third kappa shape index (κ3) is 4.07. The van der Waals surface area contributed by atoms with Crippen molar-refractivity contribution in [2.24, 2.45) is 0 Å². The molecule has 6 heteroatoms. The molecule has 1 unspecified atom stereocenters. The van der Waals surface area contributed by atoms with Gasteiger partial charge in [-0.05, 0) is 25.7 Å². The normalized spacial score (nSPS) is 19.3. The van der Waals surface area contributed by atoms with Crippen LogP contribution in [0.4, 0.5) is 5.88 Å². The molecule has 2 aliphatic rings. The van der Waals surface area contributed by atoms with Crippen molar-refractivity contribution < 1.29 is 14.1 Å². The second-order valence-corrected chi connectivity index (χ2v) is 7.64. The third-order valence-corrected chi connectivity index (χ3v) is 5.66. The number of rotatable bonds is 7. The highest BCUT2D eigenvalue weighted by Crippen LogP contribution is 2.34. The maximum absolute atomic E-state index is 12.7. The van der Waals surface area contributed by atoms with E-state index in [1.54, 1.807) is 0 Å². The maximum atomic E-state index is 12.7. The molecule has 0 N–H and O–H groups in total. The number of anilines is 1. The SMILES string of the molecule is CCC(=O)N(Cc1c(-c2ccccc2)noc1N1CCCC1)CC1CCCO1. The number of amides is 1. The summed E-state index contributed by atoms with van der Waals surface area (Å²) in [6, 6.07) is 10.1. The fourth-order valence-electron chi connectivity index (χ4n) is 4.14. The summed E-state index contributed by atoms with van der Waals surface area (Å²) < 4.78 is 11.6. The van der Waals surface area contributed by atoms with E-state index in [0.29, 0.717) is 19.5 Å². The molecule has 2 fully saturated rings. The minimum absolute atomic E-state index is 0.130. The molecule has 0 spiro atoms. The number of aromatic nitrogens is 1. The molecule has 150 valence electrons. The first-order valence-electron chi connectivity index (χ1n) is 10.4. The van der Waals surface area contributed by atoms with Crippen LogP contribution in [0.2, 0.25) is 0 Å². The first kappa shape index (κ1) is 19.0. The molecule has 1 aromatic carbocycles. The average Bonchev–Trinajstić information content (AvgIpc) is 3.49. The summed E-state index contributed by atoms with van der Waals surface area (Å²) in [5.41, 5.74) is 2.87. The van der Waals surface area contributed by atoms with Crippen LogP contribution < -0.4 is 4.90 Å². The fourth-order valence-corrected chi connectivity index (χ4v) is 4.14. The van der Waals surface area contributed by atoms with Gasteiger partial charge in [-0.25, -0.2) is 0 Å². The van der Waals surface area contributed by atoms with Crippen LogP contribution >= 0.6 is 0 Å². The summed E-state index contributed by atoms with van der Waals surface area (Å²) in [6.45, 7) is 5.80. The molecular weight excluding hydrogens is 354 g/mol. The van der Waals surface area contributed by atoms with Crippen molar-refractivity contribution >= 4 is 11.8 Å². The minimum atomic E-state index is 0.130. The van der Waals surface area contributed by atoms with Crippen LogP contribution in [-0.4, -0.2) is 48.3 Å². The predicted molar refractivity (Wildman–Crippen MR) is 108 cm³/mol. The zero-order valence-electron chi connectivity index (χ0n) is 16.6. The van der Waals surface area contributed by atoms with E-state index in [-0.39, 0.29) is 12.0 Å². The summed E-state index contributed by atoms with van der Waals surface area (Å²) in [6.07, 6.45) is 5.02. The Balaban J connectivity index is 1.66. The van der Waals surface area contributed by atoms with Gasteiger partial charge in [-0.3, -0.25) is 4.79 Å². The standard InChI is InChI=1S/C22H29N3O3/c1-2-20(26)25(15-18-11-8-14-27-18)16-19-21(17-9-4-3-5-10-17)23-28-22(19)24-12-6-7-13-24/h3-5,9-10,18H,2,6-8,11-16H2,1H3. The van der Waals surface area contributed by atoms with E-state index in [4.69, 9.17) is 9.26 Å². The van der Waals surface area contributed by atoms with Crippen LogP contribution in [0, 0.1) is 0 Å². The number of benzene rings is 1. The largest absolute Gasteiger partial charge is 0.376 e. The lowest BCUT2D eigenvalue weighted by Gasteiger charge is -2.26. The number of carbonyl (C=O) groups is 1. The number of hydrogen-bond donors (Lipinski definition) is 0. The van der Waals surface area contributed by atoms with Crippen molar-refractivity contribution in [3.8, 4) is 11.3 Å². The highest BCUT2D eigenvalue weighted by Gasteiger charge is 2.29. The van der Waals surface area contributed by atoms with Crippen LogP contribution in [0.15, 0.2) is 34.9 Å². The van der Waals surface area contributed by atoms with Crippen molar-refractivity contribution in [1.29, 1.82) is 0 Å². The van der Waals surface area contributed by atoms with Crippen LogP contribution in [-0.2, 0) is 16.1 Å². The summed E-state index contributed by atoms with van der Waals surface area (Å²) in [5, 5.41) is 4.42. The van der Waals surface area contributed by atoms with E-state index in [1.165, 1.54) is 0 Å². The molecule has 0 bridgehead atoms. The maximum Gasteiger partial charge on any atom is 0.232 e. The van der Waals surface area contributed by atoms with Crippen LogP contribution in [0.25, 0.3) is 11.3 Å². The molecular formula is C22H29N3O3. The quantitative estimate of drug-likeness (QED) is 0.727. The number of hydrogen-bond acceptors (Lipinski definition) is 5. The molecule has 4 rings (SSSR count). The lowest BCUT2D eigenvalue weighted by atomic mass is 10.1. The number of ether oxygens (including phenoxy) is 1. The van der Waals surface area contributed by atoms with Crippen molar-refractivity contribution in [3.63, 3.8) is 0 Å². The van der Waals surface area contributed by atoms with Crippen LogP contribution in [0.1, 0.15) is 44.6 Å². The zero-order valence-corrected chi connectivity index (χ0v) is 16.6. The Bertz CT molecular complexity index is 778. The number of nitrogens with zero attached hydrogens (tertiary/aromatic N) is 3. The van der Waals surface area contributed by atoms with Crippen LogP contribution in [0.5, 0.6) is 0 Å². The fraction of sp³-hybridized carbons (Fsp3) is 0.545. The van der Waals surface area contributed by atoms with E-state index >= 15 is 0 Å². The van der Waals surface area contributed by atoms with Gasteiger partial charge in [0.15, 0.2) is 0 Å². The Morgan fingerprint density at radius 2 is 2.00 bits per heavy atom. The van der Waals surface area contributed by atoms with Gasteiger partial charge < -0.3 is 19.1 Å². The smallest absolute Gasteiger partial charge is 0.232 e. The molecule has 0 radical (unpaired) electrons. The van der Waals surface area contributed by atoms with Gasteiger partial charge in [-0.2, -0.15) is 0 Å². The third-order valence-electron chi connectivity index (χ3n) is 5.66. The first-order valence-corrected chi connectivity index (χ1v) is 10.4. The summed E-state index contributed by atoms with van der Waals surface area (Å²) in [4.78, 5) is 16.9. The molecule has 0 aliphatic carbocycles. The summed E-state index contributed by atoms with van der Waals surface area (Å²) in [7, 11) is 0. The van der Waals surface area contributed by atoms with Crippen molar-refractivity contribution in [3.05, 3.63) is 35.9 Å². The summed E-state index contributed by atoms with van der Waals surface area (Å²) in [5.74, 6) is 0.959. The minimum Gasteiger partial charge on any atom is -0.376 e. The average molecular weight is 383 g/mol. The van der Waals surface area contributed by atoms with Gasteiger partial charge in [0.1, 0.15) is 5.69 Å². The Hall–Kier alpha value is -2.34. The second kappa shape index (κ2) is 8.78. The van der Waals surface area contributed by atoms with Gasteiger partial charge in [0, 0.05) is 38.2 Å². The summed E-state index contributed by atoms with van der Waals surface area (Å²) >= 11 is 0. The molecule has 1 aromatic heterocycles. The highest BCUT2D eigenvalue weighted by atomic mass is 16.5. The lowest BCUT2D eigenvalue weighted by molar-refractivity contribution is -0.133. The first-order chi connectivity index (χ1) is 13.8. The highest BCUT2D eigenvalue weighted by molar-refractivity contribution is 5.77. The topological polar surface area (TPSA) is 58.8 Å². The Morgan fingerprint density at radius 1 is 1.21 bits per heavy atom. The van der Waals surface area contributed by atoms with Gasteiger partial charge in [0.2, 0.25) is 11.8 Å². The molecule has 2 saturated heterocycles. The van der Waals surface area contributed by atoms with Crippen molar-refractivity contribution in [1.82, 2.24) is 10.1 Å². The molecule has 3 heterocycles. The second-order valence-electron chi connectivity index (χ2n) is 7.64. The molecule has 6 nitrogen and oxygen atoms in total. The predicted octanol–water partition coefficient (Wildman–Crippen LogP) is 3.86. The molecule has 0 saturated carbocycles. The van der Waals surface area contributed by atoms with Gasteiger partial charge in [0.25, 0.3) is 0 Å². The molecule has 2 aromatic rings. The van der Waals surface area contributed by atoms with E-state index in [1.807, 2.05) is 42.2 Å². The van der Waals surface area contributed by atoms with E-state index in [9.17, 15) is 4.79 Å². The van der Waals surface area contributed by atoms with Crippen LogP contribution in [0.3, 0.4) is 0 Å². The van der Waals surface area contributed by atoms with E-state index in [2.05, 4.69) is 10.1 Å². The lowest BCUT2D eigenvalue weighted by Crippen LogP contribution is -2.37. The Kier molecular flexibility index (Phi) is 5.95. The van der Waals surface area contributed by atoms with Gasteiger partial charge in [-0.15, -0.1) is 0 Å². The monoisotopic (exact) mass is 383 g/mol. The van der Waals surface area contributed by atoms with Gasteiger partial charge in [0.05, 0.1) is 18.2 Å². The van der Waals surface area contributed by atoms with Crippen molar-refractivity contribution in [2.45, 2.75) is 51.7 Å². The Labute approximate surface area is 166 Å². The van der Waals surface area contributed by atoms with Gasteiger partial charge in [-0.1, -0.05) is 42.4 Å².